The zero-order valence-corrected chi connectivity index (χ0v) is 27.0. The molecule has 0 spiro atoms. The van der Waals surface area contributed by atoms with Gasteiger partial charge in [0.05, 0.1) is 22.3 Å². The van der Waals surface area contributed by atoms with Gasteiger partial charge >= 0.3 is 17.1 Å². The fourth-order valence-corrected chi connectivity index (χ4v) is 6.49. The van der Waals surface area contributed by atoms with Gasteiger partial charge in [0.25, 0.3) is 23.6 Å². The van der Waals surface area contributed by atoms with Gasteiger partial charge in [0, 0.05) is 25.0 Å². The van der Waals surface area contributed by atoms with Crippen molar-refractivity contribution in [3.05, 3.63) is 70.8 Å². The summed E-state index contributed by atoms with van der Waals surface area (Å²) in [7, 11) is 0. The molecule has 6 rings (SSSR count). The van der Waals surface area contributed by atoms with Gasteiger partial charge in [-0.25, -0.2) is 0 Å². The van der Waals surface area contributed by atoms with Crippen molar-refractivity contribution in [1.29, 1.82) is 0 Å². The first-order valence-corrected chi connectivity index (χ1v) is 14.5. The molecule has 47 heavy (non-hydrogen) atoms. The van der Waals surface area contributed by atoms with Gasteiger partial charge in [-0.3, -0.25) is 29.0 Å². The van der Waals surface area contributed by atoms with Gasteiger partial charge in [0.2, 0.25) is 0 Å². The summed E-state index contributed by atoms with van der Waals surface area (Å²) in [6, 6.07) is 13.7. The summed E-state index contributed by atoms with van der Waals surface area (Å²) in [4.78, 5) is 73.3. The minimum atomic E-state index is -0.991. The van der Waals surface area contributed by atoms with Crippen LogP contribution in [-0.4, -0.2) is 58.5 Å². The molecule has 2 aromatic carbocycles. The molecular formula is C32H44MnN2O12+4. The number of carbonyl (C=O) groups excluding carboxylic acids is 6. The number of benzene rings is 2. The molecule has 2 saturated carbocycles. The van der Waals surface area contributed by atoms with Gasteiger partial charge in [0.1, 0.15) is 0 Å². The zero-order chi connectivity index (χ0) is 30.0. The Bertz CT molecular complexity index is 1260. The monoisotopic (exact) mass is 703 g/mol. The number of aliphatic carboxylic acids is 2. The van der Waals surface area contributed by atoms with E-state index in [1.54, 1.807) is 48.5 Å². The Morgan fingerprint density at radius 1 is 0.511 bits per heavy atom. The Kier molecular flexibility index (Phi) is 16.8. The van der Waals surface area contributed by atoms with E-state index in [9.17, 15) is 39.0 Å². The second-order valence-electron chi connectivity index (χ2n) is 11.6. The maximum Gasteiger partial charge on any atom is 2.00 e. The molecule has 14 nitrogen and oxygen atoms in total. The van der Waals surface area contributed by atoms with Crippen LogP contribution < -0.4 is 10.2 Å². The number of amides is 4. The van der Waals surface area contributed by atoms with E-state index in [1.165, 1.54) is 9.80 Å². The number of hydrogen-bond acceptors (Lipinski definition) is 8. The fourth-order valence-electron chi connectivity index (χ4n) is 6.49. The third-order valence-electron chi connectivity index (χ3n) is 9.00. The number of carboxylic acids is 2. The Hall–Kier alpha value is -3.98. The van der Waals surface area contributed by atoms with E-state index >= 15 is 0 Å². The van der Waals surface area contributed by atoms with Crippen molar-refractivity contribution in [2.24, 2.45) is 23.7 Å². The molecule has 15 heteroatoms. The van der Waals surface area contributed by atoms with Gasteiger partial charge in [0.15, 0.2) is 0 Å². The van der Waals surface area contributed by atoms with Crippen molar-refractivity contribution in [1.82, 2.24) is 9.80 Å². The maximum atomic E-state index is 12.3. The van der Waals surface area contributed by atoms with Crippen LogP contribution >= 0.6 is 0 Å². The molecule has 0 aromatic heterocycles. The number of nitrogens with zero attached hydrogens (tertiary/aromatic N) is 2. The molecule has 0 unspecified atom stereocenters. The number of rotatable bonds is 6. The van der Waals surface area contributed by atoms with Crippen molar-refractivity contribution in [2.75, 3.05) is 13.1 Å². The Balaban J connectivity index is 0.000000814. The van der Waals surface area contributed by atoms with Gasteiger partial charge < -0.3 is 41.7 Å². The van der Waals surface area contributed by atoms with Crippen LogP contribution in [0.5, 0.6) is 0 Å². The number of fused-ring (bicyclic) bond motifs is 2. The molecule has 0 saturated heterocycles. The molecule has 2 aliphatic heterocycles. The predicted molar refractivity (Wildman–Crippen MR) is 164 cm³/mol. The van der Waals surface area contributed by atoms with Crippen LogP contribution in [0.25, 0.3) is 0 Å². The third kappa shape index (κ3) is 9.09. The SMILES string of the molecule is O=C([O-])C1CCC(CN2C(=O)c3ccccc3C2=O)CC1.O=C([O-])C1CCC(CN2C(=O)c3ccccc3C2=O)CC1.[Mn+2].[OH3+].[OH3+].[OH3+].[OH3+]. The smallest absolute Gasteiger partial charge is 0.550 e. The quantitative estimate of drug-likeness (QED) is 0.183. The molecule has 0 atom stereocenters. The van der Waals surface area contributed by atoms with Gasteiger partial charge in [-0.05, 0) is 99.3 Å². The van der Waals surface area contributed by atoms with Crippen molar-refractivity contribution >= 4 is 35.6 Å². The maximum absolute atomic E-state index is 12.3. The molecule has 1 radical (unpaired) electrons. The number of hydrogen-bond donors (Lipinski definition) is 0. The van der Waals surface area contributed by atoms with E-state index in [0.717, 1.165) is 0 Å². The first kappa shape index (κ1) is 43.0. The van der Waals surface area contributed by atoms with Gasteiger partial charge in [-0.1, -0.05) is 24.3 Å². The summed E-state index contributed by atoms with van der Waals surface area (Å²) in [6.45, 7) is 0.762. The van der Waals surface area contributed by atoms with Crippen molar-refractivity contribution < 1.29 is 78.0 Å². The topological polar surface area (TPSA) is 287 Å². The van der Waals surface area contributed by atoms with Crippen molar-refractivity contribution in [3.63, 3.8) is 0 Å². The van der Waals surface area contributed by atoms with Crippen LogP contribution in [-0.2, 0) is 48.6 Å². The fraction of sp³-hybridized carbons (Fsp3) is 0.438. The van der Waals surface area contributed by atoms with E-state index in [-0.39, 0.29) is 86.3 Å². The molecule has 4 amide bonds. The Labute approximate surface area is 281 Å². The van der Waals surface area contributed by atoms with Crippen LogP contribution in [0.15, 0.2) is 48.5 Å². The molecule has 12 N–H and O–H groups in total. The van der Waals surface area contributed by atoms with Gasteiger partial charge in [-0.15, -0.1) is 0 Å². The first-order valence-electron chi connectivity index (χ1n) is 14.5. The van der Waals surface area contributed by atoms with E-state index in [0.29, 0.717) is 86.7 Å². The van der Waals surface area contributed by atoms with Crippen LogP contribution in [0.3, 0.4) is 0 Å². The number of imide groups is 2. The normalized spacial score (nSPS) is 22.4. The van der Waals surface area contributed by atoms with Crippen molar-refractivity contribution in [3.8, 4) is 0 Å². The Morgan fingerprint density at radius 2 is 0.745 bits per heavy atom. The summed E-state index contributed by atoms with van der Waals surface area (Å²) < 4.78 is 0. The average Bonchev–Trinajstić information content (AvgIpc) is 3.38. The first-order chi connectivity index (χ1) is 20.2. The summed E-state index contributed by atoms with van der Waals surface area (Å²) in [5, 5.41) is 21.7. The predicted octanol–water partition coefficient (Wildman–Crippen LogP) is -2.01. The second kappa shape index (κ2) is 18.4. The van der Waals surface area contributed by atoms with E-state index in [2.05, 4.69) is 0 Å². The molecule has 0 bridgehead atoms. The van der Waals surface area contributed by atoms with E-state index in [1.807, 2.05) is 0 Å². The standard InChI is InChI=1S/2C16H17NO4.Mn.4H2O/c2*18-14-12-3-1-2-4-13(12)15(19)17(14)9-10-5-7-11(8-6-10)16(20)21;;;;;/h2*1-4,10-11H,5-9H2,(H,20,21);;4*1H2/q;;+2;;;;/p+2. The molecular weight excluding hydrogens is 659 g/mol. The number of carboxylic acid groups (broad SMARTS) is 2. The van der Waals surface area contributed by atoms with Crippen LogP contribution in [0, 0.1) is 23.7 Å². The summed E-state index contributed by atoms with van der Waals surface area (Å²) in [5.74, 6) is -3.34. The van der Waals surface area contributed by atoms with E-state index < -0.39 is 11.9 Å². The molecule has 257 valence electrons. The third-order valence-corrected chi connectivity index (χ3v) is 9.00. The summed E-state index contributed by atoms with van der Waals surface area (Å²) in [5.41, 5.74) is 1.86. The summed E-state index contributed by atoms with van der Waals surface area (Å²) in [6.07, 6.45) is 5.12. The molecule has 2 fully saturated rings. The number of carbonyl (C=O) groups is 6. The van der Waals surface area contributed by atoms with E-state index in [4.69, 9.17) is 0 Å². The molecule has 2 heterocycles. The Morgan fingerprint density at radius 3 is 0.957 bits per heavy atom. The minimum absolute atomic E-state index is 0. The molecule has 2 aromatic rings. The second-order valence-corrected chi connectivity index (χ2v) is 11.6. The van der Waals surface area contributed by atoms with Crippen LogP contribution in [0.2, 0.25) is 0 Å². The van der Waals surface area contributed by atoms with Gasteiger partial charge in [-0.2, -0.15) is 0 Å². The van der Waals surface area contributed by atoms with Crippen LogP contribution in [0.1, 0.15) is 92.8 Å². The zero-order valence-electron chi connectivity index (χ0n) is 25.8. The molecule has 4 aliphatic rings. The minimum Gasteiger partial charge on any atom is -0.550 e. The van der Waals surface area contributed by atoms with Crippen LogP contribution in [0.4, 0.5) is 0 Å². The molecule has 2 aliphatic carbocycles. The van der Waals surface area contributed by atoms with Crippen molar-refractivity contribution in [2.45, 2.75) is 51.4 Å². The largest absolute Gasteiger partial charge is 2.00 e. The average molecular weight is 704 g/mol. The summed E-state index contributed by atoms with van der Waals surface area (Å²) >= 11 is 0.